The van der Waals surface area contributed by atoms with Gasteiger partial charge in [0.2, 0.25) is 17.7 Å². The van der Waals surface area contributed by atoms with E-state index in [1.807, 2.05) is 55.5 Å². The quantitative estimate of drug-likeness (QED) is 0.868. The average Bonchev–Trinajstić information content (AvgIpc) is 2.80. The zero-order chi connectivity index (χ0) is 20.1. The van der Waals surface area contributed by atoms with Gasteiger partial charge < -0.3 is 15.1 Å². The molecule has 28 heavy (non-hydrogen) atoms. The number of likely N-dealkylation sites (N-methyl/N-ethyl adjacent to an activating group) is 1. The number of hydrogen-bond donors (Lipinski definition) is 1. The van der Waals surface area contributed by atoms with Gasteiger partial charge in [-0.3, -0.25) is 14.4 Å². The fraction of sp³-hybridized carbons (Fsp3) is 0.318. The minimum absolute atomic E-state index is 0.0273. The third-order valence-corrected chi connectivity index (χ3v) is 4.90. The van der Waals surface area contributed by atoms with E-state index in [9.17, 15) is 14.4 Å². The number of aryl methyl sites for hydroxylation is 1. The second-order valence-electron chi connectivity index (χ2n) is 7.12. The largest absolute Gasteiger partial charge is 0.336 e. The van der Waals surface area contributed by atoms with Crippen molar-refractivity contribution < 1.29 is 14.4 Å². The molecule has 0 fully saturated rings. The molecule has 1 aliphatic heterocycles. The van der Waals surface area contributed by atoms with Crippen LogP contribution in [0.15, 0.2) is 54.6 Å². The highest BCUT2D eigenvalue weighted by atomic mass is 16.2. The number of carbonyl (C=O) groups excluding carboxylic acids is 3. The van der Waals surface area contributed by atoms with Crippen LogP contribution in [0.1, 0.15) is 25.3 Å². The Morgan fingerprint density at radius 1 is 1.11 bits per heavy atom. The van der Waals surface area contributed by atoms with E-state index in [0.717, 1.165) is 5.56 Å². The molecule has 1 atom stereocenters. The third-order valence-electron chi connectivity index (χ3n) is 4.90. The number of hydrogen-bond acceptors (Lipinski definition) is 3. The Morgan fingerprint density at radius 3 is 2.54 bits per heavy atom. The lowest BCUT2D eigenvalue weighted by Crippen LogP contribution is -2.45. The topological polar surface area (TPSA) is 69.7 Å². The first-order chi connectivity index (χ1) is 13.5. The first kappa shape index (κ1) is 19.6. The second kappa shape index (κ2) is 8.69. The van der Waals surface area contributed by atoms with Gasteiger partial charge >= 0.3 is 0 Å². The number of amides is 3. The van der Waals surface area contributed by atoms with Crippen molar-refractivity contribution in [3.63, 3.8) is 0 Å². The van der Waals surface area contributed by atoms with E-state index in [0.29, 0.717) is 24.2 Å². The van der Waals surface area contributed by atoms with Crippen molar-refractivity contribution in [1.82, 2.24) is 4.90 Å². The van der Waals surface area contributed by atoms with Crippen LogP contribution in [0.5, 0.6) is 0 Å². The van der Waals surface area contributed by atoms with Crippen molar-refractivity contribution in [2.24, 2.45) is 0 Å². The molecule has 2 aromatic carbocycles. The molecule has 1 aliphatic rings. The van der Waals surface area contributed by atoms with Crippen LogP contribution < -0.4 is 10.2 Å². The van der Waals surface area contributed by atoms with Crippen LogP contribution in [0.4, 0.5) is 11.4 Å². The van der Waals surface area contributed by atoms with Crippen LogP contribution in [-0.4, -0.2) is 42.3 Å². The van der Waals surface area contributed by atoms with Gasteiger partial charge in [-0.15, -0.1) is 0 Å². The van der Waals surface area contributed by atoms with Gasteiger partial charge in [0.15, 0.2) is 0 Å². The molecule has 1 unspecified atom stereocenters. The van der Waals surface area contributed by atoms with Crippen molar-refractivity contribution in [2.75, 3.05) is 23.8 Å². The summed E-state index contributed by atoms with van der Waals surface area (Å²) >= 11 is 0. The van der Waals surface area contributed by atoms with Gasteiger partial charge in [-0.1, -0.05) is 42.5 Å². The van der Waals surface area contributed by atoms with E-state index in [1.165, 1.54) is 4.90 Å². The molecular formula is C22H25N3O3. The van der Waals surface area contributed by atoms with Gasteiger partial charge in [0.1, 0.15) is 0 Å². The predicted molar refractivity (Wildman–Crippen MR) is 109 cm³/mol. The fourth-order valence-electron chi connectivity index (χ4n) is 3.42. The molecule has 0 saturated carbocycles. The number of carbonyl (C=O) groups is 3. The van der Waals surface area contributed by atoms with Crippen LogP contribution in [-0.2, 0) is 20.8 Å². The number of nitrogens with zero attached hydrogens (tertiary/aromatic N) is 2. The summed E-state index contributed by atoms with van der Waals surface area (Å²) in [5, 5.41) is 2.84. The standard InChI is InChI=1S/C22H25N3O3/c1-16-14-20(26)23-18-10-6-7-11-19(18)25(16)22(28)15-24(2)21(27)13-12-17-8-4-3-5-9-17/h3-11,16H,12-15H2,1-2H3,(H,23,26). The number of para-hydroxylation sites is 2. The lowest BCUT2D eigenvalue weighted by Gasteiger charge is -2.29. The maximum Gasteiger partial charge on any atom is 0.246 e. The lowest BCUT2D eigenvalue weighted by molar-refractivity contribution is -0.134. The molecule has 0 aliphatic carbocycles. The van der Waals surface area contributed by atoms with E-state index in [2.05, 4.69) is 5.32 Å². The summed E-state index contributed by atoms with van der Waals surface area (Å²) in [6, 6.07) is 16.7. The second-order valence-corrected chi connectivity index (χ2v) is 7.12. The minimum atomic E-state index is -0.288. The van der Waals surface area contributed by atoms with Crippen molar-refractivity contribution in [3.8, 4) is 0 Å². The van der Waals surface area contributed by atoms with Crippen molar-refractivity contribution in [2.45, 2.75) is 32.2 Å². The average molecular weight is 379 g/mol. The molecule has 1 N–H and O–H groups in total. The molecule has 0 spiro atoms. The molecule has 6 heteroatoms. The smallest absolute Gasteiger partial charge is 0.246 e. The summed E-state index contributed by atoms with van der Waals surface area (Å²) in [5.74, 6) is -0.406. The van der Waals surface area contributed by atoms with E-state index in [4.69, 9.17) is 0 Å². The molecule has 2 aromatic rings. The van der Waals surface area contributed by atoms with E-state index >= 15 is 0 Å². The number of benzene rings is 2. The van der Waals surface area contributed by atoms with Crippen LogP contribution >= 0.6 is 0 Å². The van der Waals surface area contributed by atoms with Crippen molar-refractivity contribution in [1.29, 1.82) is 0 Å². The highest BCUT2D eigenvalue weighted by Gasteiger charge is 2.30. The Labute approximate surface area is 165 Å². The molecule has 0 aromatic heterocycles. The fourth-order valence-corrected chi connectivity index (χ4v) is 3.42. The maximum absolute atomic E-state index is 13.0. The summed E-state index contributed by atoms with van der Waals surface area (Å²) < 4.78 is 0. The first-order valence-corrected chi connectivity index (χ1v) is 9.44. The van der Waals surface area contributed by atoms with E-state index in [1.54, 1.807) is 18.0 Å². The van der Waals surface area contributed by atoms with Crippen LogP contribution in [0.25, 0.3) is 0 Å². The molecule has 146 valence electrons. The first-order valence-electron chi connectivity index (χ1n) is 9.44. The van der Waals surface area contributed by atoms with Crippen molar-refractivity contribution >= 4 is 29.1 Å². The van der Waals surface area contributed by atoms with Gasteiger partial charge in [-0.25, -0.2) is 0 Å². The molecule has 6 nitrogen and oxygen atoms in total. The van der Waals surface area contributed by atoms with Crippen LogP contribution in [0.2, 0.25) is 0 Å². The summed E-state index contributed by atoms with van der Waals surface area (Å²) in [4.78, 5) is 40.6. The molecular weight excluding hydrogens is 354 g/mol. The number of nitrogens with one attached hydrogen (secondary N) is 1. The van der Waals surface area contributed by atoms with Crippen LogP contribution in [0, 0.1) is 0 Å². The normalized spacial score (nSPS) is 16.0. The zero-order valence-electron chi connectivity index (χ0n) is 16.2. The Balaban J connectivity index is 1.67. The van der Waals surface area contributed by atoms with Gasteiger partial charge in [0.05, 0.1) is 17.9 Å². The third kappa shape index (κ3) is 4.57. The Bertz CT molecular complexity index is 866. The summed E-state index contributed by atoms with van der Waals surface area (Å²) in [5.41, 5.74) is 2.37. The van der Waals surface area contributed by atoms with E-state index in [-0.39, 0.29) is 36.7 Å². The Kier molecular flexibility index (Phi) is 6.09. The van der Waals surface area contributed by atoms with Gasteiger partial charge in [0.25, 0.3) is 0 Å². The Hall–Kier alpha value is -3.15. The molecule has 0 bridgehead atoms. The Morgan fingerprint density at radius 2 is 1.79 bits per heavy atom. The maximum atomic E-state index is 13.0. The molecule has 0 saturated heterocycles. The van der Waals surface area contributed by atoms with Crippen LogP contribution in [0.3, 0.4) is 0 Å². The number of rotatable bonds is 5. The molecule has 1 heterocycles. The molecule has 0 radical (unpaired) electrons. The van der Waals surface area contributed by atoms with Gasteiger partial charge in [0, 0.05) is 25.9 Å². The summed E-state index contributed by atoms with van der Waals surface area (Å²) in [7, 11) is 1.64. The SMILES string of the molecule is CC1CC(=O)Nc2ccccc2N1C(=O)CN(C)C(=O)CCc1ccccc1. The monoisotopic (exact) mass is 379 g/mol. The molecule has 3 rings (SSSR count). The summed E-state index contributed by atoms with van der Waals surface area (Å²) in [6.07, 6.45) is 1.20. The lowest BCUT2D eigenvalue weighted by atomic mass is 10.1. The molecule has 3 amide bonds. The zero-order valence-corrected chi connectivity index (χ0v) is 16.2. The van der Waals surface area contributed by atoms with Gasteiger partial charge in [-0.2, -0.15) is 0 Å². The van der Waals surface area contributed by atoms with Crippen molar-refractivity contribution in [3.05, 3.63) is 60.2 Å². The number of anilines is 2. The predicted octanol–water partition coefficient (Wildman–Crippen LogP) is 2.84. The highest BCUT2D eigenvalue weighted by Crippen LogP contribution is 2.31. The number of fused-ring (bicyclic) bond motifs is 1. The van der Waals surface area contributed by atoms with E-state index < -0.39 is 0 Å². The minimum Gasteiger partial charge on any atom is -0.336 e. The highest BCUT2D eigenvalue weighted by molar-refractivity contribution is 6.05. The van der Waals surface area contributed by atoms with Gasteiger partial charge in [-0.05, 0) is 31.0 Å². The summed E-state index contributed by atoms with van der Waals surface area (Å²) in [6.45, 7) is 1.82.